The number of nitrogens with zero attached hydrogens (tertiary/aromatic N) is 1. The quantitative estimate of drug-likeness (QED) is 0.704. The van der Waals surface area contributed by atoms with Crippen LogP contribution in [-0.4, -0.2) is 0 Å². The van der Waals surface area contributed by atoms with Gasteiger partial charge in [-0.1, -0.05) is 42.5 Å². The smallest absolute Gasteiger partial charge is 0.0481 e. The van der Waals surface area contributed by atoms with Crippen LogP contribution in [0.5, 0.6) is 0 Å². The first kappa shape index (κ1) is 12.1. The second-order valence-electron chi connectivity index (χ2n) is 3.98. The minimum Gasteiger partial charge on any atom is -0.344 e. The summed E-state index contributed by atoms with van der Waals surface area (Å²) < 4.78 is 0. The summed E-state index contributed by atoms with van der Waals surface area (Å²) in [5.74, 6) is 0. The van der Waals surface area contributed by atoms with Gasteiger partial charge >= 0.3 is 0 Å². The number of benzene rings is 2. The third kappa shape index (κ3) is 2.50. The molecule has 1 aliphatic heterocycles. The van der Waals surface area contributed by atoms with E-state index >= 15 is 0 Å². The Hall–Kier alpha value is -1.33. The van der Waals surface area contributed by atoms with E-state index in [-0.39, 0.29) is 21.1 Å². The molecule has 0 amide bonds. The van der Waals surface area contributed by atoms with Crippen LogP contribution in [0, 0.1) is 0 Å². The van der Waals surface area contributed by atoms with E-state index in [1.807, 2.05) is 6.07 Å². The molecular formula is C15H13NPt. The summed E-state index contributed by atoms with van der Waals surface area (Å²) in [7, 11) is 0. The molecule has 0 spiro atoms. The van der Waals surface area contributed by atoms with E-state index in [0.717, 1.165) is 6.54 Å². The van der Waals surface area contributed by atoms with Crippen molar-refractivity contribution < 1.29 is 21.1 Å². The van der Waals surface area contributed by atoms with E-state index in [1.54, 1.807) is 0 Å². The number of anilines is 1. The molecule has 0 aromatic heterocycles. The maximum Gasteiger partial charge on any atom is 0.0481 e. The van der Waals surface area contributed by atoms with Gasteiger partial charge < -0.3 is 4.90 Å². The molecule has 2 aromatic carbocycles. The van der Waals surface area contributed by atoms with Gasteiger partial charge in [-0.25, -0.2) is 0 Å². The van der Waals surface area contributed by atoms with Crippen LogP contribution in [-0.2, 0) is 27.6 Å². The van der Waals surface area contributed by atoms with Gasteiger partial charge in [-0.2, -0.15) is 0 Å². The predicted octanol–water partition coefficient (Wildman–Crippen LogP) is 3.68. The summed E-state index contributed by atoms with van der Waals surface area (Å²) in [6.07, 6.45) is 4.32. The Labute approximate surface area is 116 Å². The molecule has 0 N–H and O–H groups in total. The molecule has 17 heavy (non-hydrogen) atoms. The van der Waals surface area contributed by atoms with Crippen molar-refractivity contribution >= 4 is 11.8 Å². The van der Waals surface area contributed by atoms with Crippen LogP contribution in [0.15, 0.2) is 60.8 Å². The van der Waals surface area contributed by atoms with Crippen LogP contribution in [0.2, 0.25) is 0 Å². The van der Waals surface area contributed by atoms with Gasteiger partial charge in [0.05, 0.1) is 0 Å². The van der Waals surface area contributed by atoms with Crippen molar-refractivity contribution in [2.75, 3.05) is 4.90 Å². The Balaban J connectivity index is 0.00000108. The molecule has 0 atom stereocenters. The molecule has 1 heterocycles. The molecule has 1 nitrogen and oxygen atoms in total. The fraction of sp³-hybridized carbons (Fsp3) is 0.0667. The van der Waals surface area contributed by atoms with E-state index in [9.17, 15) is 0 Å². The van der Waals surface area contributed by atoms with Crippen molar-refractivity contribution in [2.24, 2.45) is 0 Å². The van der Waals surface area contributed by atoms with Crippen LogP contribution in [0.4, 0.5) is 5.69 Å². The van der Waals surface area contributed by atoms with E-state index in [0.29, 0.717) is 0 Å². The van der Waals surface area contributed by atoms with Crippen molar-refractivity contribution in [1.82, 2.24) is 0 Å². The first-order valence-electron chi connectivity index (χ1n) is 5.51. The van der Waals surface area contributed by atoms with Gasteiger partial charge in [-0.05, 0) is 29.3 Å². The van der Waals surface area contributed by atoms with Gasteiger partial charge in [0, 0.05) is 39.5 Å². The number of hydrogen-bond donors (Lipinski definition) is 0. The van der Waals surface area contributed by atoms with Crippen molar-refractivity contribution in [3.63, 3.8) is 0 Å². The molecule has 0 bridgehead atoms. The van der Waals surface area contributed by atoms with E-state index in [1.165, 1.54) is 16.8 Å². The van der Waals surface area contributed by atoms with Crippen molar-refractivity contribution in [1.29, 1.82) is 0 Å². The first-order chi connectivity index (χ1) is 7.93. The summed E-state index contributed by atoms with van der Waals surface area (Å²) in [4.78, 5) is 2.27. The monoisotopic (exact) mass is 402 g/mol. The van der Waals surface area contributed by atoms with Crippen LogP contribution in [0.3, 0.4) is 0 Å². The number of hydrogen-bond acceptors (Lipinski definition) is 1. The second-order valence-corrected chi connectivity index (χ2v) is 3.98. The van der Waals surface area contributed by atoms with Gasteiger partial charge in [0.1, 0.15) is 0 Å². The first-order valence-corrected chi connectivity index (χ1v) is 5.51. The van der Waals surface area contributed by atoms with Gasteiger partial charge in [0.15, 0.2) is 0 Å². The van der Waals surface area contributed by atoms with Crippen molar-refractivity contribution in [3.05, 3.63) is 71.9 Å². The minimum atomic E-state index is 0. The van der Waals surface area contributed by atoms with Crippen molar-refractivity contribution in [2.45, 2.75) is 6.54 Å². The van der Waals surface area contributed by atoms with Crippen LogP contribution < -0.4 is 4.90 Å². The molecule has 0 unspecified atom stereocenters. The molecule has 88 valence electrons. The third-order valence-electron chi connectivity index (χ3n) is 2.92. The summed E-state index contributed by atoms with van der Waals surface area (Å²) in [5, 5.41) is 0. The molecule has 0 fully saturated rings. The molecule has 2 heteroatoms. The molecule has 3 rings (SSSR count). The fourth-order valence-corrected chi connectivity index (χ4v) is 2.04. The number of para-hydroxylation sites is 1. The Kier molecular flexibility index (Phi) is 3.81. The normalized spacial score (nSPS) is 12.8. The van der Waals surface area contributed by atoms with Crippen LogP contribution in [0.25, 0.3) is 6.08 Å². The van der Waals surface area contributed by atoms with Gasteiger partial charge in [0.2, 0.25) is 0 Å². The average molecular weight is 402 g/mol. The van der Waals surface area contributed by atoms with Crippen molar-refractivity contribution in [3.8, 4) is 0 Å². The number of fused-ring (bicyclic) bond motifs is 1. The fourth-order valence-electron chi connectivity index (χ4n) is 2.04. The average Bonchev–Trinajstić information content (AvgIpc) is 2.39. The zero-order chi connectivity index (χ0) is 10.8. The Morgan fingerprint density at radius 1 is 0.824 bits per heavy atom. The maximum absolute atomic E-state index is 2.27. The van der Waals surface area contributed by atoms with Gasteiger partial charge in [-0.3, -0.25) is 0 Å². The van der Waals surface area contributed by atoms with Crippen LogP contribution >= 0.6 is 0 Å². The Morgan fingerprint density at radius 2 is 1.53 bits per heavy atom. The molecule has 0 aliphatic carbocycles. The SMILES string of the molecule is C1=CN(c2ccccc2)Cc2ccccc21.[Pt]. The maximum atomic E-state index is 2.27. The zero-order valence-corrected chi connectivity index (χ0v) is 11.6. The minimum absolute atomic E-state index is 0. The standard InChI is InChI=1S/C15H13N.Pt/c1-2-8-15(9-3-1)16-11-10-13-6-4-5-7-14(13)12-16;/h1-11H,12H2;. The summed E-state index contributed by atoms with van der Waals surface area (Å²) in [6, 6.07) is 19.0. The number of rotatable bonds is 1. The zero-order valence-electron chi connectivity index (χ0n) is 9.32. The van der Waals surface area contributed by atoms with E-state index < -0.39 is 0 Å². The van der Waals surface area contributed by atoms with E-state index in [2.05, 4.69) is 65.7 Å². The third-order valence-corrected chi connectivity index (χ3v) is 2.92. The molecule has 1 aliphatic rings. The van der Waals surface area contributed by atoms with Gasteiger partial charge in [-0.15, -0.1) is 0 Å². The Bertz CT molecular complexity index is 519. The summed E-state index contributed by atoms with van der Waals surface area (Å²) >= 11 is 0. The largest absolute Gasteiger partial charge is 0.344 e. The molecule has 0 radical (unpaired) electrons. The molecule has 0 saturated heterocycles. The van der Waals surface area contributed by atoms with E-state index in [4.69, 9.17) is 0 Å². The molecule has 0 saturated carbocycles. The summed E-state index contributed by atoms with van der Waals surface area (Å²) in [5.41, 5.74) is 3.96. The second kappa shape index (κ2) is 5.33. The molecule has 2 aromatic rings. The molecular weight excluding hydrogens is 389 g/mol. The topological polar surface area (TPSA) is 3.24 Å². The predicted molar refractivity (Wildman–Crippen MR) is 68.1 cm³/mol. The summed E-state index contributed by atoms with van der Waals surface area (Å²) in [6.45, 7) is 0.955. The Morgan fingerprint density at radius 3 is 2.35 bits per heavy atom. The van der Waals surface area contributed by atoms with Gasteiger partial charge in [0.25, 0.3) is 0 Å². The van der Waals surface area contributed by atoms with Crippen LogP contribution in [0.1, 0.15) is 11.1 Å².